The molecule has 0 radical (unpaired) electrons. The van der Waals surface area contributed by atoms with Crippen LogP contribution < -0.4 is 0 Å². The van der Waals surface area contributed by atoms with Crippen molar-refractivity contribution in [3.63, 3.8) is 0 Å². The van der Waals surface area contributed by atoms with E-state index in [0.29, 0.717) is 37.4 Å². The Morgan fingerprint density at radius 3 is 2.80 bits per heavy atom. The summed E-state index contributed by atoms with van der Waals surface area (Å²) in [6, 6.07) is 0. The van der Waals surface area contributed by atoms with Crippen LogP contribution in [0.15, 0.2) is 12.2 Å². The molecule has 2 N–H and O–H groups in total. The average Bonchev–Trinajstić information content (AvgIpc) is 2.94. The Labute approximate surface area is 151 Å². The zero-order valence-corrected chi connectivity index (χ0v) is 15.4. The van der Waals surface area contributed by atoms with Crippen molar-refractivity contribution in [2.75, 3.05) is 6.61 Å². The number of carbonyl (C=O) groups is 2. The minimum atomic E-state index is -0.987. The van der Waals surface area contributed by atoms with Crippen molar-refractivity contribution in [1.29, 1.82) is 0 Å². The number of rotatable bonds is 11. The van der Waals surface area contributed by atoms with Gasteiger partial charge in [0.05, 0.1) is 12.5 Å². The molecular formula is C21H32O4. The van der Waals surface area contributed by atoms with Crippen LogP contribution in [0.5, 0.6) is 0 Å². The van der Waals surface area contributed by atoms with Gasteiger partial charge in [-0.15, -0.1) is 11.8 Å². The first-order valence-electron chi connectivity index (χ1n) is 9.58. The van der Waals surface area contributed by atoms with Crippen LogP contribution in [0.4, 0.5) is 0 Å². The van der Waals surface area contributed by atoms with E-state index in [-0.39, 0.29) is 12.5 Å². The monoisotopic (exact) mass is 348 g/mol. The smallest absolute Gasteiger partial charge is 0.308 e. The Morgan fingerprint density at radius 2 is 2.12 bits per heavy atom. The van der Waals surface area contributed by atoms with Crippen LogP contribution in [0.25, 0.3) is 0 Å². The Morgan fingerprint density at radius 1 is 1.32 bits per heavy atom. The molecule has 4 heteroatoms. The Kier molecular flexibility index (Phi) is 10.9. The second-order valence-electron chi connectivity index (χ2n) is 6.87. The number of hydrogen-bond acceptors (Lipinski definition) is 3. The van der Waals surface area contributed by atoms with E-state index in [1.807, 2.05) is 0 Å². The van der Waals surface area contributed by atoms with Crippen molar-refractivity contribution in [2.24, 2.45) is 17.8 Å². The van der Waals surface area contributed by atoms with Gasteiger partial charge < -0.3 is 10.2 Å². The van der Waals surface area contributed by atoms with Gasteiger partial charge in [-0.2, -0.15) is 0 Å². The van der Waals surface area contributed by atoms with E-state index in [1.54, 1.807) is 0 Å². The van der Waals surface area contributed by atoms with Crippen molar-refractivity contribution in [2.45, 2.75) is 71.1 Å². The molecule has 140 valence electrons. The maximum Gasteiger partial charge on any atom is 0.308 e. The van der Waals surface area contributed by atoms with Gasteiger partial charge in [-0.1, -0.05) is 38.3 Å². The molecule has 25 heavy (non-hydrogen) atoms. The third-order valence-corrected chi connectivity index (χ3v) is 4.90. The number of Topliss-reactive ketones (excluding diaryl/α,β-unsaturated/α-hetero) is 1. The number of hydrogen-bond donors (Lipinski definition) is 2. The number of ketones is 1. The number of unbranched alkanes of at least 4 members (excludes halogenated alkanes) is 4. The maximum atomic E-state index is 12.1. The quantitative estimate of drug-likeness (QED) is 0.336. The minimum absolute atomic E-state index is 0.00694. The second kappa shape index (κ2) is 12.7. The van der Waals surface area contributed by atoms with Crippen LogP contribution in [-0.4, -0.2) is 28.6 Å². The van der Waals surface area contributed by atoms with Gasteiger partial charge in [-0.25, -0.2) is 0 Å². The van der Waals surface area contributed by atoms with Crippen LogP contribution in [0, 0.1) is 29.6 Å². The van der Waals surface area contributed by atoms with Gasteiger partial charge >= 0.3 is 5.97 Å². The molecule has 0 heterocycles. The van der Waals surface area contributed by atoms with Crippen LogP contribution in [0.2, 0.25) is 0 Å². The molecule has 0 aromatic carbocycles. The van der Waals surface area contributed by atoms with E-state index < -0.39 is 11.9 Å². The van der Waals surface area contributed by atoms with Crippen LogP contribution in [-0.2, 0) is 9.59 Å². The average molecular weight is 348 g/mol. The van der Waals surface area contributed by atoms with E-state index >= 15 is 0 Å². The van der Waals surface area contributed by atoms with Crippen molar-refractivity contribution >= 4 is 11.8 Å². The largest absolute Gasteiger partial charge is 0.481 e. The molecule has 0 amide bonds. The highest BCUT2D eigenvalue weighted by molar-refractivity contribution is 5.84. The van der Waals surface area contributed by atoms with E-state index in [2.05, 4.69) is 30.9 Å². The molecule has 1 saturated carbocycles. The maximum absolute atomic E-state index is 12.1. The summed E-state index contributed by atoms with van der Waals surface area (Å²) in [5.41, 5.74) is 0. The highest BCUT2D eigenvalue weighted by Crippen LogP contribution is 2.32. The summed E-state index contributed by atoms with van der Waals surface area (Å²) in [7, 11) is 0. The predicted octanol–water partition coefficient (Wildman–Crippen LogP) is 3.98. The van der Waals surface area contributed by atoms with Crippen molar-refractivity contribution in [1.82, 2.24) is 0 Å². The van der Waals surface area contributed by atoms with Crippen LogP contribution in [0.3, 0.4) is 0 Å². The van der Waals surface area contributed by atoms with Crippen molar-refractivity contribution in [3.05, 3.63) is 12.2 Å². The summed E-state index contributed by atoms with van der Waals surface area (Å²) in [6.45, 7) is 1.85. The SMILES string of the molecule is CCCCCCC=C[C@H]1CCC(=O)[C@@H]1CC#CCCC(CO)C(=O)O. The summed E-state index contributed by atoms with van der Waals surface area (Å²) in [5.74, 6) is 4.87. The molecule has 1 aliphatic rings. The molecule has 1 aliphatic carbocycles. The van der Waals surface area contributed by atoms with Gasteiger partial charge in [0.15, 0.2) is 0 Å². The molecule has 1 unspecified atom stereocenters. The van der Waals surface area contributed by atoms with Crippen LogP contribution in [0.1, 0.15) is 71.1 Å². The summed E-state index contributed by atoms with van der Waals surface area (Å²) in [5, 5.41) is 17.8. The van der Waals surface area contributed by atoms with Crippen LogP contribution >= 0.6 is 0 Å². The van der Waals surface area contributed by atoms with Crippen molar-refractivity contribution in [3.8, 4) is 11.8 Å². The van der Waals surface area contributed by atoms with Gasteiger partial charge in [0.2, 0.25) is 0 Å². The topological polar surface area (TPSA) is 74.6 Å². The minimum Gasteiger partial charge on any atom is -0.481 e. The third kappa shape index (κ3) is 8.36. The van der Waals surface area contributed by atoms with E-state index in [0.717, 1.165) is 12.8 Å². The number of aliphatic hydroxyl groups is 1. The van der Waals surface area contributed by atoms with E-state index in [4.69, 9.17) is 10.2 Å². The number of carbonyl (C=O) groups excluding carboxylic acids is 1. The lowest BCUT2D eigenvalue weighted by atomic mass is 9.91. The highest BCUT2D eigenvalue weighted by Gasteiger charge is 2.31. The third-order valence-electron chi connectivity index (χ3n) is 4.90. The molecular weight excluding hydrogens is 316 g/mol. The molecule has 0 spiro atoms. The van der Waals surface area contributed by atoms with Gasteiger partial charge in [0.25, 0.3) is 0 Å². The van der Waals surface area contributed by atoms with Gasteiger partial charge in [-0.3, -0.25) is 9.59 Å². The molecule has 0 aromatic rings. The zero-order valence-electron chi connectivity index (χ0n) is 15.4. The summed E-state index contributed by atoms with van der Waals surface area (Å²) in [6.07, 6.45) is 13.4. The number of carboxylic acids is 1. The molecule has 0 bridgehead atoms. The predicted molar refractivity (Wildman–Crippen MR) is 99.0 cm³/mol. The lowest BCUT2D eigenvalue weighted by molar-refractivity contribution is -0.143. The zero-order chi connectivity index (χ0) is 18.5. The number of aliphatic carboxylic acids is 1. The Bertz CT molecular complexity index is 498. The van der Waals surface area contributed by atoms with Crippen molar-refractivity contribution < 1.29 is 19.8 Å². The van der Waals surface area contributed by atoms with E-state index in [1.165, 1.54) is 25.7 Å². The second-order valence-corrected chi connectivity index (χ2v) is 6.87. The fourth-order valence-electron chi connectivity index (χ4n) is 3.20. The first-order chi connectivity index (χ1) is 12.1. The normalized spacial score (nSPS) is 21.3. The standard InChI is InChI=1S/C21H32O4/c1-2-3-4-5-6-8-11-17-14-15-20(23)19(17)13-10-7-9-12-18(16-22)21(24)25/h8,11,17-19,22H,2-6,9,12-16H2,1H3,(H,24,25)/t17-,18?,19+/m0/s1. The molecule has 0 aromatic heterocycles. The lowest BCUT2D eigenvalue weighted by Gasteiger charge is -2.11. The molecule has 3 atom stereocenters. The fourth-order valence-corrected chi connectivity index (χ4v) is 3.20. The number of carboxylic acid groups (broad SMARTS) is 1. The number of allylic oxidation sites excluding steroid dienone is 2. The fraction of sp³-hybridized carbons (Fsp3) is 0.714. The number of aliphatic hydroxyl groups excluding tert-OH is 1. The Balaban J connectivity index is 2.37. The summed E-state index contributed by atoms with van der Waals surface area (Å²) in [4.78, 5) is 22.9. The van der Waals surface area contributed by atoms with Gasteiger partial charge in [-0.05, 0) is 31.6 Å². The van der Waals surface area contributed by atoms with Gasteiger partial charge in [0.1, 0.15) is 5.78 Å². The summed E-state index contributed by atoms with van der Waals surface area (Å²) >= 11 is 0. The molecule has 1 rings (SSSR count). The summed E-state index contributed by atoms with van der Waals surface area (Å²) < 4.78 is 0. The molecule has 1 fully saturated rings. The highest BCUT2D eigenvalue weighted by atomic mass is 16.4. The van der Waals surface area contributed by atoms with Gasteiger partial charge in [0, 0.05) is 25.2 Å². The first-order valence-corrected chi connectivity index (χ1v) is 9.58. The molecule has 0 aliphatic heterocycles. The van der Waals surface area contributed by atoms with E-state index in [9.17, 15) is 9.59 Å². The first kappa shape index (κ1) is 21.4. The molecule has 4 nitrogen and oxygen atoms in total. The molecule has 0 saturated heterocycles. The Hall–Kier alpha value is -1.60. The lowest BCUT2D eigenvalue weighted by Crippen LogP contribution is -2.17.